The van der Waals surface area contributed by atoms with Crippen LogP contribution in [-0.2, 0) is 10.0 Å². The molecule has 1 aliphatic rings. The van der Waals surface area contributed by atoms with Crippen LogP contribution in [0.5, 0.6) is 0 Å². The van der Waals surface area contributed by atoms with Crippen LogP contribution < -0.4 is 0 Å². The zero-order valence-corrected chi connectivity index (χ0v) is 11.3. The lowest BCUT2D eigenvalue weighted by atomic mass is 10.2. The summed E-state index contributed by atoms with van der Waals surface area (Å²) in [5.41, 5.74) is 0.913. The monoisotopic (exact) mass is 265 g/mol. The largest absolute Gasteiger partial charge is 0.236 e. The van der Waals surface area contributed by atoms with Gasteiger partial charge in [-0.05, 0) is 24.5 Å². The molecule has 0 spiro atoms. The molecule has 0 aromatic heterocycles. The third kappa shape index (κ3) is 3.68. The van der Waals surface area contributed by atoms with E-state index >= 15 is 0 Å². The van der Waals surface area contributed by atoms with E-state index in [0.717, 1.165) is 31.2 Å². The van der Waals surface area contributed by atoms with Gasteiger partial charge in [0.25, 0.3) is 0 Å². The summed E-state index contributed by atoms with van der Waals surface area (Å²) in [4.78, 5) is 0. The first kappa shape index (κ1) is 13.3. The molecule has 0 radical (unpaired) electrons. The molecule has 0 saturated carbocycles. The summed E-state index contributed by atoms with van der Waals surface area (Å²) in [6.07, 6.45) is 5.87. The molecule has 2 rings (SSSR count). The summed E-state index contributed by atoms with van der Waals surface area (Å²) < 4.78 is 25.9. The topological polar surface area (TPSA) is 37.4 Å². The van der Waals surface area contributed by atoms with E-state index in [1.807, 2.05) is 30.3 Å². The molecule has 1 fully saturated rings. The molecule has 0 N–H and O–H groups in total. The fourth-order valence-corrected chi connectivity index (χ4v) is 3.38. The molecule has 4 heteroatoms. The molecular formula is C14H19NO2S. The van der Waals surface area contributed by atoms with Gasteiger partial charge in [0.1, 0.15) is 0 Å². The number of nitrogens with zero attached hydrogens (tertiary/aromatic N) is 1. The van der Waals surface area contributed by atoms with Crippen LogP contribution in [0, 0.1) is 0 Å². The molecule has 0 aliphatic carbocycles. The predicted octanol–water partition coefficient (Wildman–Crippen LogP) is 2.86. The molecular weight excluding hydrogens is 246 g/mol. The van der Waals surface area contributed by atoms with Gasteiger partial charge in [-0.3, -0.25) is 0 Å². The Morgan fingerprint density at radius 1 is 0.944 bits per heavy atom. The highest BCUT2D eigenvalue weighted by molar-refractivity contribution is 7.92. The van der Waals surface area contributed by atoms with Crippen LogP contribution in [0.25, 0.3) is 6.08 Å². The SMILES string of the molecule is O=S(=O)(C=Cc1ccccc1)N1CCCCCC1. The normalized spacial score (nSPS) is 18.9. The number of sulfonamides is 1. The molecule has 0 atom stereocenters. The highest BCUT2D eigenvalue weighted by Gasteiger charge is 2.19. The van der Waals surface area contributed by atoms with Crippen molar-refractivity contribution in [1.82, 2.24) is 4.31 Å². The molecule has 0 unspecified atom stereocenters. The maximum Gasteiger partial charge on any atom is 0.236 e. The van der Waals surface area contributed by atoms with E-state index in [9.17, 15) is 8.42 Å². The van der Waals surface area contributed by atoms with E-state index in [-0.39, 0.29) is 0 Å². The van der Waals surface area contributed by atoms with Crippen molar-refractivity contribution in [2.45, 2.75) is 25.7 Å². The average molecular weight is 265 g/mol. The van der Waals surface area contributed by atoms with E-state index in [1.54, 1.807) is 10.4 Å². The van der Waals surface area contributed by atoms with E-state index in [4.69, 9.17) is 0 Å². The summed E-state index contributed by atoms with van der Waals surface area (Å²) in [5.74, 6) is 0. The van der Waals surface area contributed by atoms with Crippen molar-refractivity contribution in [2.75, 3.05) is 13.1 Å². The van der Waals surface area contributed by atoms with Crippen molar-refractivity contribution in [1.29, 1.82) is 0 Å². The second kappa shape index (κ2) is 6.16. The fourth-order valence-electron chi connectivity index (χ4n) is 2.11. The standard InChI is InChI=1S/C14H19NO2S/c16-18(17,15-11-6-1-2-7-12-15)13-10-14-8-4-3-5-9-14/h3-5,8-10,13H,1-2,6-7,11-12H2. The first-order valence-electron chi connectivity index (χ1n) is 6.42. The average Bonchev–Trinajstić information content (AvgIpc) is 2.67. The van der Waals surface area contributed by atoms with Crippen molar-refractivity contribution in [2.24, 2.45) is 0 Å². The maximum atomic E-state index is 12.2. The lowest BCUT2D eigenvalue weighted by Gasteiger charge is -2.17. The Hall–Kier alpha value is -1.13. The van der Waals surface area contributed by atoms with Crippen molar-refractivity contribution >= 4 is 16.1 Å². The summed E-state index contributed by atoms with van der Waals surface area (Å²) in [5, 5.41) is 1.33. The van der Waals surface area contributed by atoms with Gasteiger partial charge in [0.05, 0.1) is 0 Å². The smallest absolute Gasteiger partial charge is 0.208 e. The van der Waals surface area contributed by atoms with Crippen molar-refractivity contribution in [3.05, 3.63) is 41.3 Å². The van der Waals surface area contributed by atoms with Gasteiger partial charge in [-0.25, -0.2) is 8.42 Å². The molecule has 1 aromatic carbocycles. The van der Waals surface area contributed by atoms with Crippen molar-refractivity contribution < 1.29 is 8.42 Å². The van der Waals surface area contributed by atoms with Crippen LogP contribution in [0.15, 0.2) is 35.7 Å². The minimum atomic E-state index is -3.25. The lowest BCUT2D eigenvalue weighted by Crippen LogP contribution is -2.30. The van der Waals surface area contributed by atoms with Crippen molar-refractivity contribution in [3.8, 4) is 0 Å². The van der Waals surface area contributed by atoms with Gasteiger partial charge in [0.2, 0.25) is 10.0 Å². The van der Waals surface area contributed by atoms with Gasteiger partial charge >= 0.3 is 0 Å². The Morgan fingerprint density at radius 3 is 2.17 bits per heavy atom. The van der Waals surface area contributed by atoms with Crippen molar-refractivity contribution in [3.63, 3.8) is 0 Å². The van der Waals surface area contributed by atoms with E-state index in [1.165, 1.54) is 5.41 Å². The first-order valence-corrected chi connectivity index (χ1v) is 7.92. The van der Waals surface area contributed by atoms with Gasteiger partial charge in [0, 0.05) is 18.5 Å². The number of rotatable bonds is 3. The Bertz CT molecular complexity index is 486. The molecule has 0 amide bonds. The van der Waals surface area contributed by atoms with E-state index in [0.29, 0.717) is 13.1 Å². The minimum Gasteiger partial charge on any atom is -0.208 e. The van der Waals surface area contributed by atoms with E-state index < -0.39 is 10.0 Å². The molecule has 18 heavy (non-hydrogen) atoms. The van der Waals surface area contributed by atoms with Crippen LogP contribution in [0.2, 0.25) is 0 Å². The molecule has 98 valence electrons. The number of hydrogen-bond acceptors (Lipinski definition) is 2. The maximum absolute atomic E-state index is 12.2. The third-order valence-corrected chi connectivity index (χ3v) is 4.72. The highest BCUT2D eigenvalue weighted by atomic mass is 32.2. The second-order valence-electron chi connectivity index (χ2n) is 4.57. The second-order valence-corrected chi connectivity index (χ2v) is 6.39. The summed E-state index contributed by atoms with van der Waals surface area (Å²) in [6.45, 7) is 1.31. The predicted molar refractivity (Wildman–Crippen MR) is 74.4 cm³/mol. The number of benzene rings is 1. The Balaban J connectivity index is 2.09. The molecule has 1 aliphatic heterocycles. The lowest BCUT2D eigenvalue weighted by molar-refractivity contribution is 0.430. The van der Waals surface area contributed by atoms with E-state index in [2.05, 4.69) is 0 Å². The highest BCUT2D eigenvalue weighted by Crippen LogP contribution is 2.15. The molecule has 1 heterocycles. The number of hydrogen-bond donors (Lipinski definition) is 0. The summed E-state index contributed by atoms with van der Waals surface area (Å²) in [7, 11) is -3.25. The minimum absolute atomic E-state index is 0.654. The third-order valence-electron chi connectivity index (χ3n) is 3.16. The quantitative estimate of drug-likeness (QED) is 0.842. The molecule has 1 saturated heterocycles. The van der Waals surface area contributed by atoms with Crippen LogP contribution in [-0.4, -0.2) is 25.8 Å². The van der Waals surface area contributed by atoms with Gasteiger partial charge in [-0.15, -0.1) is 0 Å². The summed E-state index contributed by atoms with van der Waals surface area (Å²) >= 11 is 0. The molecule has 1 aromatic rings. The Kier molecular flexibility index (Phi) is 4.55. The Labute approximate surface area is 109 Å². The first-order chi connectivity index (χ1) is 8.68. The van der Waals surface area contributed by atoms with Crippen LogP contribution >= 0.6 is 0 Å². The Morgan fingerprint density at radius 2 is 1.56 bits per heavy atom. The molecule has 0 bridgehead atoms. The van der Waals surface area contributed by atoms with Crippen LogP contribution in [0.4, 0.5) is 0 Å². The molecule has 3 nitrogen and oxygen atoms in total. The van der Waals surface area contributed by atoms with Gasteiger partial charge in [0.15, 0.2) is 0 Å². The summed E-state index contributed by atoms with van der Waals surface area (Å²) in [6, 6.07) is 9.51. The fraction of sp³-hybridized carbons (Fsp3) is 0.429. The van der Waals surface area contributed by atoms with Gasteiger partial charge < -0.3 is 0 Å². The van der Waals surface area contributed by atoms with Gasteiger partial charge in [-0.2, -0.15) is 4.31 Å². The van der Waals surface area contributed by atoms with Crippen LogP contribution in [0.3, 0.4) is 0 Å². The van der Waals surface area contributed by atoms with Gasteiger partial charge in [-0.1, -0.05) is 43.2 Å². The zero-order valence-electron chi connectivity index (χ0n) is 10.5. The van der Waals surface area contributed by atoms with Crippen LogP contribution in [0.1, 0.15) is 31.2 Å². The zero-order chi connectivity index (χ0) is 12.8.